The van der Waals surface area contributed by atoms with Crippen LogP contribution in [0.25, 0.3) is 17.1 Å². The van der Waals surface area contributed by atoms with Crippen LogP contribution in [0.4, 0.5) is 5.69 Å². The largest absolute Gasteiger partial charge is 0.319 e. The Morgan fingerprint density at radius 2 is 1.65 bits per heavy atom. The molecule has 4 aromatic rings. The Morgan fingerprint density at radius 3 is 2.35 bits per heavy atom. The van der Waals surface area contributed by atoms with Gasteiger partial charge in [0.15, 0.2) is 5.82 Å². The minimum atomic E-state index is -0.387. The standard InChI is InChI=1S/C23H17Br2ClN4O/c1-13-3-9-18(26)12-20(13)30-22(15-4-6-16(24)7-5-15)28-21(29-30)23(31)27-19-10-8-17(25)11-14(19)2/h3-12H,1-2H3,(H,27,31). The Morgan fingerprint density at radius 1 is 0.935 bits per heavy atom. The Labute approximate surface area is 201 Å². The summed E-state index contributed by atoms with van der Waals surface area (Å²) in [5, 5.41) is 8.02. The highest BCUT2D eigenvalue weighted by molar-refractivity contribution is 9.10. The molecule has 0 aliphatic heterocycles. The van der Waals surface area contributed by atoms with Crippen LogP contribution in [0.1, 0.15) is 21.7 Å². The SMILES string of the molecule is Cc1cc(Br)ccc1NC(=O)c1nc(-c2ccc(Br)cc2)n(-c2cc(Cl)ccc2C)n1. The molecular formula is C23H17Br2ClN4O. The highest BCUT2D eigenvalue weighted by atomic mass is 79.9. The molecule has 1 N–H and O–H groups in total. The van der Waals surface area contributed by atoms with Crippen molar-refractivity contribution in [2.24, 2.45) is 0 Å². The van der Waals surface area contributed by atoms with Gasteiger partial charge in [0.25, 0.3) is 5.91 Å². The van der Waals surface area contributed by atoms with E-state index in [1.54, 1.807) is 4.68 Å². The summed E-state index contributed by atoms with van der Waals surface area (Å²) in [6, 6.07) is 18.9. The minimum Gasteiger partial charge on any atom is -0.319 e. The number of nitrogens with one attached hydrogen (secondary N) is 1. The molecule has 156 valence electrons. The maximum Gasteiger partial charge on any atom is 0.295 e. The van der Waals surface area contributed by atoms with E-state index in [1.807, 2.05) is 74.5 Å². The van der Waals surface area contributed by atoms with Gasteiger partial charge in [0.05, 0.1) is 5.69 Å². The second-order valence-electron chi connectivity index (χ2n) is 7.02. The second-order valence-corrected chi connectivity index (χ2v) is 9.29. The number of aromatic nitrogens is 3. The maximum absolute atomic E-state index is 13.0. The fourth-order valence-electron chi connectivity index (χ4n) is 3.12. The molecule has 5 nitrogen and oxygen atoms in total. The van der Waals surface area contributed by atoms with Gasteiger partial charge in [-0.15, -0.1) is 5.10 Å². The molecule has 0 bridgehead atoms. The van der Waals surface area contributed by atoms with Gasteiger partial charge in [-0.05, 0) is 67.4 Å². The molecule has 0 fully saturated rings. The summed E-state index contributed by atoms with van der Waals surface area (Å²) < 4.78 is 3.55. The number of halogens is 3. The van der Waals surface area contributed by atoms with Crippen molar-refractivity contribution in [2.45, 2.75) is 13.8 Å². The molecule has 31 heavy (non-hydrogen) atoms. The fourth-order valence-corrected chi connectivity index (χ4v) is 4.02. The van der Waals surface area contributed by atoms with Crippen LogP contribution in [0.5, 0.6) is 0 Å². The highest BCUT2D eigenvalue weighted by Gasteiger charge is 2.20. The predicted molar refractivity (Wildman–Crippen MR) is 131 cm³/mol. The number of amides is 1. The highest BCUT2D eigenvalue weighted by Crippen LogP contribution is 2.27. The molecule has 1 heterocycles. The number of anilines is 1. The molecule has 0 saturated heterocycles. The summed E-state index contributed by atoms with van der Waals surface area (Å²) in [5.74, 6) is 0.234. The molecule has 4 rings (SSSR count). The predicted octanol–water partition coefficient (Wildman–Crippen LogP) is 6.98. The number of benzene rings is 3. The number of hydrogen-bond acceptors (Lipinski definition) is 3. The Bertz CT molecular complexity index is 1290. The Balaban J connectivity index is 1.80. The zero-order chi connectivity index (χ0) is 22.1. The Hall–Kier alpha value is -2.48. The molecule has 0 aliphatic rings. The molecule has 0 atom stereocenters. The van der Waals surface area contributed by atoms with Crippen LogP contribution < -0.4 is 5.32 Å². The van der Waals surface area contributed by atoms with Crippen LogP contribution in [-0.2, 0) is 0 Å². The van der Waals surface area contributed by atoms with E-state index in [0.717, 1.165) is 31.3 Å². The van der Waals surface area contributed by atoms with Crippen LogP contribution in [0, 0.1) is 13.8 Å². The van der Waals surface area contributed by atoms with Gasteiger partial charge < -0.3 is 5.32 Å². The molecule has 1 aromatic heterocycles. The summed E-state index contributed by atoms with van der Waals surface area (Å²) in [6.07, 6.45) is 0. The molecule has 0 spiro atoms. The van der Waals surface area contributed by atoms with Crippen molar-refractivity contribution in [3.63, 3.8) is 0 Å². The first-order chi connectivity index (χ1) is 14.8. The summed E-state index contributed by atoms with van der Waals surface area (Å²) in [5.41, 5.74) is 4.18. The van der Waals surface area contributed by atoms with Gasteiger partial charge in [-0.25, -0.2) is 9.67 Å². The van der Waals surface area contributed by atoms with Gasteiger partial charge in [-0.1, -0.05) is 61.7 Å². The number of hydrogen-bond donors (Lipinski definition) is 1. The molecule has 0 saturated carbocycles. The van der Waals surface area contributed by atoms with E-state index in [-0.39, 0.29) is 11.7 Å². The van der Waals surface area contributed by atoms with E-state index < -0.39 is 0 Å². The van der Waals surface area contributed by atoms with Crippen molar-refractivity contribution in [3.05, 3.63) is 91.6 Å². The van der Waals surface area contributed by atoms with Crippen molar-refractivity contribution in [1.29, 1.82) is 0 Å². The first kappa shape index (κ1) is 21.7. The quantitative estimate of drug-likeness (QED) is 0.293. The van der Waals surface area contributed by atoms with Gasteiger partial charge in [-0.2, -0.15) is 0 Å². The monoisotopic (exact) mass is 558 g/mol. The number of carbonyl (C=O) groups is 1. The van der Waals surface area contributed by atoms with Gasteiger partial charge in [0.1, 0.15) is 0 Å². The fraction of sp³-hybridized carbons (Fsp3) is 0.0870. The number of carbonyl (C=O) groups excluding carboxylic acids is 1. The molecule has 0 radical (unpaired) electrons. The van der Waals surface area contributed by atoms with Gasteiger partial charge >= 0.3 is 0 Å². The van der Waals surface area contributed by atoms with Gasteiger partial charge in [-0.3, -0.25) is 4.79 Å². The number of rotatable bonds is 4. The molecular weight excluding hydrogens is 544 g/mol. The topological polar surface area (TPSA) is 59.8 Å². The average Bonchev–Trinajstić information content (AvgIpc) is 3.18. The van der Waals surface area contributed by atoms with E-state index in [2.05, 4.69) is 47.3 Å². The van der Waals surface area contributed by atoms with Crippen molar-refractivity contribution >= 4 is 55.1 Å². The first-order valence-corrected chi connectivity index (χ1v) is 11.4. The molecule has 0 aliphatic carbocycles. The molecule has 3 aromatic carbocycles. The van der Waals surface area contributed by atoms with Crippen LogP contribution in [0.15, 0.2) is 69.6 Å². The minimum absolute atomic E-state index is 0.0691. The summed E-state index contributed by atoms with van der Waals surface area (Å²) in [4.78, 5) is 17.6. The van der Waals surface area contributed by atoms with Gasteiger partial charge in [0.2, 0.25) is 5.82 Å². The van der Waals surface area contributed by atoms with Crippen LogP contribution >= 0.6 is 43.5 Å². The molecule has 0 unspecified atom stereocenters. The summed E-state index contributed by atoms with van der Waals surface area (Å²) in [6.45, 7) is 3.89. The lowest BCUT2D eigenvalue weighted by molar-refractivity contribution is 0.101. The van der Waals surface area contributed by atoms with Crippen molar-refractivity contribution < 1.29 is 4.79 Å². The van der Waals surface area contributed by atoms with Gasteiger partial charge in [0, 0.05) is 25.2 Å². The van der Waals surface area contributed by atoms with Crippen LogP contribution in [-0.4, -0.2) is 20.7 Å². The normalized spacial score (nSPS) is 10.9. The second kappa shape index (κ2) is 8.94. The summed E-state index contributed by atoms with van der Waals surface area (Å²) >= 11 is 13.1. The lowest BCUT2D eigenvalue weighted by Gasteiger charge is -2.09. The number of aryl methyl sites for hydroxylation is 2. The zero-order valence-corrected chi connectivity index (χ0v) is 20.6. The third-order valence-electron chi connectivity index (χ3n) is 4.75. The third-order valence-corrected chi connectivity index (χ3v) is 6.01. The lowest BCUT2D eigenvalue weighted by Crippen LogP contribution is -2.15. The van der Waals surface area contributed by atoms with Crippen molar-refractivity contribution in [3.8, 4) is 17.1 Å². The number of nitrogens with zero attached hydrogens (tertiary/aromatic N) is 3. The molecule has 8 heteroatoms. The van der Waals surface area contributed by atoms with E-state index in [0.29, 0.717) is 16.5 Å². The zero-order valence-electron chi connectivity index (χ0n) is 16.7. The van der Waals surface area contributed by atoms with E-state index >= 15 is 0 Å². The van der Waals surface area contributed by atoms with Crippen LogP contribution in [0.2, 0.25) is 5.02 Å². The smallest absolute Gasteiger partial charge is 0.295 e. The van der Waals surface area contributed by atoms with E-state index in [4.69, 9.17) is 11.6 Å². The first-order valence-electron chi connectivity index (χ1n) is 9.39. The third kappa shape index (κ3) is 4.74. The average molecular weight is 561 g/mol. The Kier molecular flexibility index (Phi) is 6.27. The van der Waals surface area contributed by atoms with E-state index in [9.17, 15) is 4.79 Å². The van der Waals surface area contributed by atoms with E-state index in [1.165, 1.54) is 0 Å². The van der Waals surface area contributed by atoms with Crippen molar-refractivity contribution in [1.82, 2.24) is 14.8 Å². The van der Waals surface area contributed by atoms with Crippen molar-refractivity contribution in [2.75, 3.05) is 5.32 Å². The lowest BCUT2D eigenvalue weighted by atomic mass is 10.2. The van der Waals surface area contributed by atoms with Crippen LogP contribution in [0.3, 0.4) is 0 Å². The molecule has 1 amide bonds. The maximum atomic E-state index is 13.0. The summed E-state index contributed by atoms with van der Waals surface area (Å²) in [7, 11) is 0.